The summed E-state index contributed by atoms with van der Waals surface area (Å²) >= 11 is 3.39. The molecule has 0 radical (unpaired) electrons. The quantitative estimate of drug-likeness (QED) is 0.267. The molecule has 0 saturated heterocycles. The summed E-state index contributed by atoms with van der Waals surface area (Å²) in [7, 11) is 0. The highest BCUT2D eigenvalue weighted by Gasteiger charge is 2.04. The topological polar surface area (TPSA) is 118 Å². The van der Waals surface area contributed by atoms with Crippen molar-refractivity contribution >= 4 is 27.6 Å². The van der Waals surface area contributed by atoms with Crippen LogP contribution in [0.25, 0.3) is 0 Å². The molecule has 0 saturated carbocycles. The summed E-state index contributed by atoms with van der Waals surface area (Å²) in [6, 6.07) is 12.6. The number of benzene rings is 2. The number of rotatable bonds is 10. The van der Waals surface area contributed by atoms with Gasteiger partial charge in [-0.3, -0.25) is 10.8 Å². The van der Waals surface area contributed by atoms with Crippen LogP contribution in [0, 0.1) is 10.8 Å². The fourth-order valence-electron chi connectivity index (χ4n) is 2.30. The molecule has 26 heavy (non-hydrogen) atoms. The number of ether oxygens (including phenoxy) is 2. The first-order valence-electron chi connectivity index (χ1n) is 8.31. The van der Waals surface area contributed by atoms with E-state index in [1.54, 1.807) is 18.2 Å². The third-order valence-corrected chi connectivity index (χ3v) is 4.38. The van der Waals surface area contributed by atoms with Crippen molar-refractivity contribution < 1.29 is 9.47 Å². The molecule has 7 heteroatoms. The maximum absolute atomic E-state index is 7.45. The molecule has 0 fully saturated rings. The van der Waals surface area contributed by atoms with Gasteiger partial charge in [-0.25, -0.2) is 0 Å². The predicted molar refractivity (Wildman–Crippen MR) is 107 cm³/mol. The van der Waals surface area contributed by atoms with Crippen LogP contribution in [0.4, 0.5) is 0 Å². The first-order chi connectivity index (χ1) is 12.5. The van der Waals surface area contributed by atoms with E-state index in [-0.39, 0.29) is 11.7 Å². The molecular weight excluding hydrogens is 396 g/mol. The summed E-state index contributed by atoms with van der Waals surface area (Å²) in [6.45, 7) is 1.26. The van der Waals surface area contributed by atoms with Gasteiger partial charge in [0.05, 0.1) is 13.2 Å². The second-order valence-corrected chi connectivity index (χ2v) is 6.61. The molecule has 2 aromatic carbocycles. The number of nitrogens with two attached hydrogens (primary N) is 2. The van der Waals surface area contributed by atoms with Crippen LogP contribution in [-0.2, 0) is 0 Å². The van der Waals surface area contributed by atoms with E-state index in [1.165, 1.54) is 0 Å². The second-order valence-electron chi connectivity index (χ2n) is 5.75. The molecule has 0 aromatic heterocycles. The van der Waals surface area contributed by atoms with Crippen molar-refractivity contribution in [2.24, 2.45) is 11.5 Å². The smallest absolute Gasteiger partial charge is 0.123 e. The lowest BCUT2D eigenvalue weighted by Crippen LogP contribution is -2.11. The van der Waals surface area contributed by atoms with Crippen molar-refractivity contribution in [3.05, 3.63) is 58.1 Å². The summed E-state index contributed by atoms with van der Waals surface area (Å²) < 4.78 is 12.1. The molecule has 0 aliphatic heterocycles. The number of nitrogens with one attached hydrogen (secondary N) is 2. The minimum absolute atomic E-state index is 0.0272. The van der Waals surface area contributed by atoms with Crippen LogP contribution in [0.5, 0.6) is 11.5 Å². The highest BCUT2D eigenvalue weighted by Crippen LogP contribution is 2.23. The average molecular weight is 419 g/mol. The number of unbranched alkanes of at least 4 members (excludes halogenated alkanes) is 2. The van der Waals surface area contributed by atoms with Crippen LogP contribution in [-0.4, -0.2) is 24.9 Å². The SMILES string of the molecule is N=C(N)c1ccc(OCCCCCOc2ccc(C(=N)N)c(Br)c2)cc1. The first kappa shape index (κ1) is 19.8. The van der Waals surface area contributed by atoms with Gasteiger partial charge in [-0.15, -0.1) is 0 Å². The maximum atomic E-state index is 7.45. The molecule has 0 amide bonds. The Labute approximate surface area is 161 Å². The van der Waals surface area contributed by atoms with Gasteiger partial charge < -0.3 is 20.9 Å². The average Bonchev–Trinajstić information content (AvgIpc) is 2.61. The van der Waals surface area contributed by atoms with Crippen molar-refractivity contribution in [1.29, 1.82) is 10.8 Å². The number of amidine groups is 2. The molecule has 0 aliphatic rings. The Morgan fingerprint density at radius 3 is 1.92 bits per heavy atom. The maximum Gasteiger partial charge on any atom is 0.123 e. The minimum Gasteiger partial charge on any atom is -0.494 e. The monoisotopic (exact) mass is 418 g/mol. The predicted octanol–water partition coefficient (Wildman–Crippen LogP) is 3.65. The first-order valence-corrected chi connectivity index (χ1v) is 9.10. The molecule has 2 rings (SSSR count). The van der Waals surface area contributed by atoms with E-state index in [9.17, 15) is 0 Å². The van der Waals surface area contributed by atoms with Crippen LogP contribution in [0.15, 0.2) is 46.9 Å². The second kappa shape index (κ2) is 9.82. The third-order valence-electron chi connectivity index (χ3n) is 3.72. The van der Waals surface area contributed by atoms with Gasteiger partial charge in [0, 0.05) is 15.6 Å². The van der Waals surface area contributed by atoms with E-state index in [4.69, 9.17) is 31.8 Å². The van der Waals surface area contributed by atoms with Crippen molar-refractivity contribution in [3.63, 3.8) is 0 Å². The normalized spacial score (nSPS) is 10.3. The van der Waals surface area contributed by atoms with Crippen LogP contribution >= 0.6 is 15.9 Å². The molecule has 138 valence electrons. The summed E-state index contributed by atoms with van der Waals surface area (Å²) in [5.41, 5.74) is 12.2. The molecule has 0 aliphatic carbocycles. The van der Waals surface area contributed by atoms with Crippen LogP contribution in [0.3, 0.4) is 0 Å². The zero-order chi connectivity index (χ0) is 18.9. The summed E-state index contributed by atoms with van der Waals surface area (Å²) in [5.74, 6) is 1.62. The van der Waals surface area contributed by atoms with Crippen molar-refractivity contribution in [3.8, 4) is 11.5 Å². The van der Waals surface area contributed by atoms with E-state index >= 15 is 0 Å². The minimum atomic E-state index is 0.0272. The van der Waals surface area contributed by atoms with Gasteiger partial charge >= 0.3 is 0 Å². The van der Waals surface area contributed by atoms with E-state index in [2.05, 4.69) is 15.9 Å². The van der Waals surface area contributed by atoms with E-state index in [0.717, 1.165) is 35.2 Å². The number of nitrogen functional groups attached to an aromatic ring is 2. The molecule has 6 nitrogen and oxygen atoms in total. The Morgan fingerprint density at radius 1 is 0.808 bits per heavy atom. The van der Waals surface area contributed by atoms with Crippen LogP contribution in [0.2, 0.25) is 0 Å². The molecule has 6 N–H and O–H groups in total. The number of hydrogen-bond acceptors (Lipinski definition) is 4. The molecule has 2 aromatic rings. The summed E-state index contributed by atoms with van der Waals surface area (Å²) in [6.07, 6.45) is 2.86. The van der Waals surface area contributed by atoms with Gasteiger partial charge in [0.2, 0.25) is 0 Å². The van der Waals surface area contributed by atoms with Gasteiger partial charge in [-0.05, 0) is 77.7 Å². The standard InChI is InChI=1S/C19H23BrN4O2/c20-17-12-15(8-9-16(17)19(23)24)26-11-3-1-2-10-25-14-6-4-13(5-7-14)18(21)22/h4-9,12H,1-3,10-11H2,(H3,21,22)(H3,23,24). The molecule has 0 atom stereocenters. The van der Waals surface area contributed by atoms with Gasteiger partial charge in [0.25, 0.3) is 0 Å². The van der Waals surface area contributed by atoms with Crippen molar-refractivity contribution in [2.45, 2.75) is 19.3 Å². The van der Waals surface area contributed by atoms with Gasteiger partial charge in [-0.2, -0.15) is 0 Å². The van der Waals surface area contributed by atoms with E-state index in [1.807, 2.05) is 24.3 Å². The zero-order valence-corrected chi connectivity index (χ0v) is 16.0. The van der Waals surface area contributed by atoms with Crippen LogP contribution < -0.4 is 20.9 Å². The van der Waals surface area contributed by atoms with Gasteiger partial charge in [-0.1, -0.05) is 0 Å². The van der Waals surface area contributed by atoms with Crippen molar-refractivity contribution in [1.82, 2.24) is 0 Å². The number of hydrogen-bond donors (Lipinski definition) is 4. The van der Waals surface area contributed by atoms with E-state index < -0.39 is 0 Å². The third kappa shape index (κ3) is 6.07. The Balaban J connectivity index is 1.61. The highest BCUT2D eigenvalue weighted by molar-refractivity contribution is 9.10. The molecular formula is C19H23BrN4O2. The summed E-state index contributed by atoms with van der Waals surface area (Å²) in [4.78, 5) is 0. The molecule has 0 bridgehead atoms. The largest absolute Gasteiger partial charge is 0.494 e. The lowest BCUT2D eigenvalue weighted by molar-refractivity contribution is 0.279. The Kier molecular flexibility index (Phi) is 7.47. The molecule has 0 unspecified atom stereocenters. The Hall–Kier alpha value is -2.54. The highest BCUT2D eigenvalue weighted by atomic mass is 79.9. The Morgan fingerprint density at radius 2 is 1.38 bits per heavy atom. The van der Waals surface area contributed by atoms with E-state index in [0.29, 0.717) is 24.3 Å². The number of halogens is 1. The fourth-order valence-corrected chi connectivity index (χ4v) is 2.87. The van der Waals surface area contributed by atoms with Gasteiger partial charge in [0.15, 0.2) is 0 Å². The zero-order valence-electron chi connectivity index (χ0n) is 14.4. The lowest BCUT2D eigenvalue weighted by Gasteiger charge is -2.09. The van der Waals surface area contributed by atoms with Gasteiger partial charge in [0.1, 0.15) is 23.2 Å². The van der Waals surface area contributed by atoms with Crippen molar-refractivity contribution in [2.75, 3.05) is 13.2 Å². The fraction of sp³-hybridized carbons (Fsp3) is 0.263. The van der Waals surface area contributed by atoms with Crippen LogP contribution in [0.1, 0.15) is 30.4 Å². The molecule has 0 spiro atoms. The lowest BCUT2D eigenvalue weighted by atomic mass is 10.2. The summed E-state index contributed by atoms with van der Waals surface area (Å²) in [5, 5.41) is 14.8. The molecule has 0 heterocycles. The Bertz CT molecular complexity index is 763.